The van der Waals surface area contributed by atoms with E-state index in [0.717, 1.165) is 22.5 Å². The number of carbonyl (C=O) groups is 1. The molecule has 19 heavy (non-hydrogen) atoms. The summed E-state index contributed by atoms with van der Waals surface area (Å²) in [5, 5.41) is 11.7. The number of hydrogen-bond donors (Lipinski definition) is 2. The van der Waals surface area contributed by atoms with E-state index in [4.69, 9.17) is 0 Å². The van der Waals surface area contributed by atoms with Crippen LogP contribution in [0.3, 0.4) is 0 Å². The van der Waals surface area contributed by atoms with Gasteiger partial charge in [0.15, 0.2) is 0 Å². The molecule has 0 saturated heterocycles. The van der Waals surface area contributed by atoms with Gasteiger partial charge in [-0.05, 0) is 18.2 Å². The third-order valence-corrected chi connectivity index (χ3v) is 4.24. The number of benzene rings is 1. The summed E-state index contributed by atoms with van der Waals surface area (Å²) in [5.74, 6) is -2.04. The van der Waals surface area contributed by atoms with Crippen LogP contribution in [0.15, 0.2) is 18.2 Å². The summed E-state index contributed by atoms with van der Waals surface area (Å²) in [6.45, 7) is -0.130. The number of phenols is 1. The van der Waals surface area contributed by atoms with Gasteiger partial charge in [0.1, 0.15) is 11.6 Å². The molecule has 0 fully saturated rings. The minimum Gasteiger partial charge on any atom is -0.507 e. The maximum absolute atomic E-state index is 12.9. The Kier molecular flexibility index (Phi) is 4.84. The molecule has 0 radical (unpaired) electrons. The smallest absolute Gasteiger partial charge is 0.255 e. The number of halogens is 1. The van der Waals surface area contributed by atoms with Crippen LogP contribution in [0.4, 0.5) is 4.39 Å². The molecule has 1 amide bonds. The number of sulfonamides is 1. The summed E-state index contributed by atoms with van der Waals surface area (Å²) in [6, 6.07) is 2.95. The third kappa shape index (κ3) is 4.18. The predicted molar refractivity (Wildman–Crippen MR) is 67.9 cm³/mol. The van der Waals surface area contributed by atoms with E-state index < -0.39 is 21.7 Å². The van der Waals surface area contributed by atoms with Crippen molar-refractivity contribution in [3.05, 3.63) is 29.6 Å². The Balaban J connectivity index is 2.64. The minimum absolute atomic E-state index is 0.130. The number of aromatic hydroxyl groups is 1. The number of phenolic OH excluding ortho intramolecular Hbond substituents is 1. The number of hydrogen-bond acceptors (Lipinski definition) is 4. The van der Waals surface area contributed by atoms with Crippen molar-refractivity contribution in [3.63, 3.8) is 0 Å². The zero-order chi connectivity index (χ0) is 14.6. The van der Waals surface area contributed by atoms with E-state index in [-0.39, 0.29) is 23.6 Å². The van der Waals surface area contributed by atoms with Crippen molar-refractivity contribution < 1.29 is 22.7 Å². The largest absolute Gasteiger partial charge is 0.507 e. The lowest BCUT2D eigenvalue weighted by Crippen LogP contribution is -2.33. The Morgan fingerprint density at radius 1 is 1.42 bits per heavy atom. The maximum Gasteiger partial charge on any atom is 0.255 e. The van der Waals surface area contributed by atoms with Gasteiger partial charge in [0.05, 0.1) is 11.3 Å². The zero-order valence-corrected chi connectivity index (χ0v) is 11.4. The highest BCUT2D eigenvalue weighted by Crippen LogP contribution is 2.17. The van der Waals surface area contributed by atoms with Crippen molar-refractivity contribution in [2.24, 2.45) is 0 Å². The highest BCUT2D eigenvalue weighted by Gasteiger charge is 2.16. The molecule has 1 aromatic carbocycles. The van der Waals surface area contributed by atoms with Gasteiger partial charge in [-0.1, -0.05) is 0 Å². The summed E-state index contributed by atoms with van der Waals surface area (Å²) < 4.78 is 36.8. The zero-order valence-electron chi connectivity index (χ0n) is 10.6. The number of rotatable bonds is 5. The molecule has 0 bridgehead atoms. The lowest BCUT2D eigenvalue weighted by molar-refractivity contribution is 0.0953. The van der Waals surface area contributed by atoms with E-state index in [9.17, 15) is 22.7 Å². The van der Waals surface area contributed by atoms with Crippen LogP contribution < -0.4 is 5.32 Å². The highest BCUT2D eigenvalue weighted by atomic mass is 32.2. The highest BCUT2D eigenvalue weighted by molar-refractivity contribution is 7.89. The van der Waals surface area contributed by atoms with Gasteiger partial charge in [0, 0.05) is 20.6 Å². The SMILES string of the molecule is CN(C)S(=O)(=O)CCNC(=O)c1cc(F)ccc1O. The van der Waals surface area contributed by atoms with Crippen LogP contribution in [0, 0.1) is 5.82 Å². The molecular weight excluding hydrogens is 275 g/mol. The molecule has 0 aliphatic heterocycles. The lowest BCUT2D eigenvalue weighted by atomic mass is 10.2. The average Bonchev–Trinajstić information content (AvgIpc) is 2.31. The van der Waals surface area contributed by atoms with E-state index in [0.29, 0.717) is 0 Å². The van der Waals surface area contributed by atoms with Crippen molar-refractivity contribution in [2.75, 3.05) is 26.4 Å². The second kappa shape index (κ2) is 5.98. The van der Waals surface area contributed by atoms with E-state index in [1.807, 2.05) is 0 Å². The number of nitrogens with zero attached hydrogens (tertiary/aromatic N) is 1. The Hall–Kier alpha value is -1.67. The third-order valence-electron chi connectivity index (χ3n) is 2.41. The molecule has 106 valence electrons. The standard InChI is InChI=1S/C11H15FN2O4S/c1-14(2)19(17,18)6-5-13-11(16)9-7-8(12)3-4-10(9)15/h3-4,7,15H,5-6H2,1-2H3,(H,13,16). The van der Waals surface area contributed by atoms with Crippen LogP contribution in [0.5, 0.6) is 5.75 Å². The predicted octanol–water partition coefficient (Wildman–Crippen LogP) is 0.152. The molecule has 0 spiro atoms. The Morgan fingerprint density at radius 2 is 2.05 bits per heavy atom. The Labute approximate surface area is 110 Å². The molecule has 2 N–H and O–H groups in total. The van der Waals surface area contributed by atoms with Gasteiger partial charge in [-0.2, -0.15) is 0 Å². The molecule has 0 unspecified atom stereocenters. The second-order valence-electron chi connectivity index (χ2n) is 4.02. The number of amides is 1. The van der Waals surface area contributed by atoms with Crippen LogP contribution in [0.2, 0.25) is 0 Å². The summed E-state index contributed by atoms with van der Waals surface area (Å²) in [4.78, 5) is 11.6. The van der Waals surface area contributed by atoms with Gasteiger partial charge in [-0.25, -0.2) is 17.1 Å². The topological polar surface area (TPSA) is 86.7 Å². The van der Waals surface area contributed by atoms with Crippen molar-refractivity contribution in [2.45, 2.75) is 0 Å². The molecule has 0 saturated carbocycles. The van der Waals surface area contributed by atoms with Crippen molar-refractivity contribution >= 4 is 15.9 Å². The molecule has 8 heteroatoms. The van der Waals surface area contributed by atoms with E-state index in [2.05, 4.69) is 5.32 Å². The van der Waals surface area contributed by atoms with E-state index in [1.54, 1.807) is 0 Å². The lowest BCUT2D eigenvalue weighted by Gasteiger charge is -2.11. The average molecular weight is 290 g/mol. The van der Waals surface area contributed by atoms with Crippen molar-refractivity contribution in [1.82, 2.24) is 9.62 Å². The summed E-state index contributed by atoms with van der Waals surface area (Å²) in [6.07, 6.45) is 0. The van der Waals surface area contributed by atoms with Crippen LogP contribution in [-0.4, -0.2) is 50.1 Å². The fourth-order valence-electron chi connectivity index (χ4n) is 1.26. The van der Waals surface area contributed by atoms with Gasteiger partial charge in [0.2, 0.25) is 10.0 Å². The first-order chi connectivity index (χ1) is 8.74. The number of nitrogens with one attached hydrogen (secondary N) is 1. The molecule has 0 heterocycles. The minimum atomic E-state index is -3.41. The van der Waals surface area contributed by atoms with Gasteiger partial charge < -0.3 is 10.4 Å². The van der Waals surface area contributed by atoms with E-state index >= 15 is 0 Å². The maximum atomic E-state index is 12.9. The second-order valence-corrected chi connectivity index (χ2v) is 6.32. The first kappa shape index (κ1) is 15.4. The fraction of sp³-hybridized carbons (Fsp3) is 0.364. The quantitative estimate of drug-likeness (QED) is 0.808. The molecule has 0 aromatic heterocycles. The normalized spacial score (nSPS) is 11.6. The van der Waals surface area contributed by atoms with Crippen LogP contribution in [0.1, 0.15) is 10.4 Å². The summed E-state index contributed by atoms with van der Waals surface area (Å²) in [5.41, 5.74) is -0.234. The Bertz CT molecular complexity index is 572. The van der Waals surface area contributed by atoms with Gasteiger partial charge in [-0.3, -0.25) is 4.79 Å². The van der Waals surface area contributed by atoms with Crippen LogP contribution in [0.25, 0.3) is 0 Å². The summed E-state index contributed by atoms with van der Waals surface area (Å²) >= 11 is 0. The van der Waals surface area contributed by atoms with Crippen LogP contribution in [-0.2, 0) is 10.0 Å². The van der Waals surface area contributed by atoms with Crippen LogP contribution >= 0.6 is 0 Å². The van der Waals surface area contributed by atoms with Crippen molar-refractivity contribution in [3.8, 4) is 5.75 Å². The molecule has 1 aromatic rings. The fourth-order valence-corrected chi connectivity index (χ4v) is 1.99. The van der Waals surface area contributed by atoms with E-state index in [1.165, 1.54) is 14.1 Å². The molecule has 0 aliphatic rings. The first-order valence-electron chi connectivity index (χ1n) is 5.41. The van der Waals surface area contributed by atoms with Gasteiger partial charge in [0.25, 0.3) is 5.91 Å². The number of carbonyl (C=O) groups excluding carboxylic acids is 1. The summed E-state index contributed by atoms with van der Waals surface area (Å²) in [7, 11) is -0.643. The van der Waals surface area contributed by atoms with Crippen molar-refractivity contribution in [1.29, 1.82) is 0 Å². The molecule has 6 nitrogen and oxygen atoms in total. The first-order valence-corrected chi connectivity index (χ1v) is 7.02. The molecule has 0 atom stereocenters. The molecule has 0 aliphatic carbocycles. The van der Waals surface area contributed by atoms with Gasteiger partial charge in [-0.15, -0.1) is 0 Å². The molecule has 1 rings (SSSR count). The van der Waals surface area contributed by atoms with Gasteiger partial charge >= 0.3 is 0 Å². The monoisotopic (exact) mass is 290 g/mol. The molecular formula is C11H15FN2O4S. The Morgan fingerprint density at radius 3 is 2.63 bits per heavy atom.